The molecule has 0 aliphatic carbocycles. The molecule has 0 radical (unpaired) electrons. The van der Waals surface area contributed by atoms with E-state index in [1.54, 1.807) is 0 Å². The van der Waals surface area contributed by atoms with Gasteiger partial charge in [0.2, 0.25) is 0 Å². The first kappa shape index (κ1) is 14.1. The van der Waals surface area contributed by atoms with Crippen molar-refractivity contribution in [3.8, 4) is 0 Å². The van der Waals surface area contributed by atoms with Crippen LogP contribution in [0, 0.1) is 5.82 Å². The minimum absolute atomic E-state index is 0.233. The average molecular weight is 259 g/mol. The summed E-state index contributed by atoms with van der Waals surface area (Å²) in [6.45, 7) is 3.21. The van der Waals surface area contributed by atoms with Crippen LogP contribution < -0.4 is 5.73 Å². The predicted octanol–water partition coefficient (Wildman–Crippen LogP) is 2.33. The van der Waals surface area contributed by atoms with Gasteiger partial charge in [-0.15, -0.1) is 0 Å². The van der Waals surface area contributed by atoms with Crippen molar-refractivity contribution in [1.29, 1.82) is 0 Å². The topological polar surface area (TPSA) is 52.3 Å². The van der Waals surface area contributed by atoms with Crippen molar-refractivity contribution in [2.24, 2.45) is 0 Å². The van der Waals surface area contributed by atoms with Gasteiger partial charge in [0.1, 0.15) is 5.82 Å². The fourth-order valence-electron chi connectivity index (χ4n) is 1.32. The number of benzene rings is 1. The molecule has 0 amide bonds. The molecule has 96 valence electrons. The Labute approximate surface area is 104 Å². The molecule has 0 fully saturated rings. The highest BCUT2D eigenvalue weighted by molar-refractivity contribution is 7.85. The third-order valence-electron chi connectivity index (χ3n) is 2.27. The van der Waals surface area contributed by atoms with Gasteiger partial charge in [-0.3, -0.25) is 4.21 Å². The molecule has 0 aromatic heterocycles. The van der Waals surface area contributed by atoms with Crippen LogP contribution in [-0.2, 0) is 15.5 Å². The molecule has 0 aliphatic rings. The minimum atomic E-state index is -1.23. The van der Waals surface area contributed by atoms with Crippen LogP contribution in [0.3, 0.4) is 0 Å². The Morgan fingerprint density at radius 3 is 2.82 bits per heavy atom. The smallest absolute Gasteiger partial charge is 0.125 e. The van der Waals surface area contributed by atoms with Gasteiger partial charge in [0, 0.05) is 6.61 Å². The Hall–Kier alpha value is -0.940. The summed E-state index contributed by atoms with van der Waals surface area (Å²) in [6.07, 6.45) is 2.08. The van der Waals surface area contributed by atoms with Crippen LogP contribution in [0.2, 0.25) is 0 Å². The molecule has 0 saturated heterocycles. The Balaban J connectivity index is 2.42. The second-order valence-electron chi connectivity index (χ2n) is 3.70. The Morgan fingerprint density at radius 2 is 2.18 bits per heavy atom. The SMILES string of the molecule is CCCCOCCS(=O)c1ccc(F)cc1N. The molecule has 0 heterocycles. The van der Waals surface area contributed by atoms with Crippen LogP contribution >= 0.6 is 0 Å². The van der Waals surface area contributed by atoms with Crippen molar-refractivity contribution in [2.75, 3.05) is 24.7 Å². The molecule has 1 atom stereocenters. The lowest BCUT2D eigenvalue weighted by molar-refractivity contribution is 0.146. The van der Waals surface area contributed by atoms with E-state index in [-0.39, 0.29) is 5.69 Å². The molecular formula is C12H18FNO2S. The molecule has 1 rings (SSSR count). The number of anilines is 1. The van der Waals surface area contributed by atoms with Gasteiger partial charge in [0.05, 0.1) is 33.7 Å². The summed E-state index contributed by atoms with van der Waals surface area (Å²) in [4.78, 5) is 0.477. The summed E-state index contributed by atoms with van der Waals surface area (Å²) in [6, 6.07) is 3.92. The monoisotopic (exact) mass is 259 g/mol. The van der Waals surface area contributed by atoms with Crippen LogP contribution in [0.5, 0.6) is 0 Å². The van der Waals surface area contributed by atoms with Gasteiger partial charge >= 0.3 is 0 Å². The van der Waals surface area contributed by atoms with Gasteiger partial charge in [0.15, 0.2) is 0 Å². The summed E-state index contributed by atoms with van der Waals surface area (Å²) in [5, 5.41) is 0. The minimum Gasteiger partial charge on any atom is -0.398 e. The molecule has 0 bridgehead atoms. The van der Waals surface area contributed by atoms with Gasteiger partial charge < -0.3 is 10.5 Å². The molecule has 0 saturated carbocycles. The summed E-state index contributed by atoms with van der Waals surface area (Å²) in [5.41, 5.74) is 5.83. The summed E-state index contributed by atoms with van der Waals surface area (Å²) in [5.74, 6) is -0.0260. The van der Waals surface area contributed by atoms with Crippen molar-refractivity contribution in [2.45, 2.75) is 24.7 Å². The maximum atomic E-state index is 12.8. The lowest BCUT2D eigenvalue weighted by atomic mass is 10.3. The van der Waals surface area contributed by atoms with Gasteiger partial charge in [-0.05, 0) is 24.6 Å². The maximum Gasteiger partial charge on any atom is 0.125 e. The molecular weight excluding hydrogens is 241 g/mol. The highest BCUT2D eigenvalue weighted by atomic mass is 32.2. The zero-order valence-electron chi connectivity index (χ0n) is 9.95. The van der Waals surface area contributed by atoms with Crippen molar-refractivity contribution in [1.82, 2.24) is 0 Å². The maximum absolute atomic E-state index is 12.8. The third kappa shape index (κ3) is 4.83. The first-order chi connectivity index (χ1) is 8.15. The van der Waals surface area contributed by atoms with Crippen LogP contribution in [0.15, 0.2) is 23.1 Å². The Morgan fingerprint density at radius 1 is 1.41 bits per heavy atom. The van der Waals surface area contributed by atoms with Crippen LogP contribution in [0.25, 0.3) is 0 Å². The number of hydrogen-bond donors (Lipinski definition) is 1. The quantitative estimate of drug-likeness (QED) is 0.604. The normalized spacial score (nSPS) is 12.6. The van der Waals surface area contributed by atoms with Crippen molar-refractivity contribution >= 4 is 16.5 Å². The zero-order chi connectivity index (χ0) is 12.7. The number of rotatable bonds is 7. The molecule has 17 heavy (non-hydrogen) atoms. The second-order valence-corrected chi connectivity index (χ2v) is 5.24. The Bertz CT molecular complexity index is 385. The lowest BCUT2D eigenvalue weighted by Gasteiger charge is -2.06. The highest BCUT2D eigenvalue weighted by Crippen LogP contribution is 2.17. The van der Waals surface area contributed by atoms with E-state index in [0.29, 0.717) is 23.9 Å². The van der Waals surface area contributed by atoms with Crippen molar-refractivity contribution in [3.05, 3.63) is 24.0 Å². The molecule has 0 aliphatic heterocycles. The van der Waals surface area contributed by atoms with Gasteiger partial charge in [-0.2, -0.15) is 0 Å². The molecule has 0 spiro atoms. The first-order valence-electron chi connectivity index (χ1n) is 5.66. The van der Waals surface area contributed by atoms with E-state index in [0.717, 1.165) is 12.8 Å². The van der Waals surface area contributed by atoms with E-state index < -0.39 is 16.6 Å². The van der Waals surface area contributed by atoms with E-state index in [4.69, 9.17) is 10.5 Å². The lowest BCUT2D eigenvalue weighted by Crippen LogP contribution is -2.09. The predicted molar refractivity (Wildman–Crippen MR) is 67.8 cm³/mol. The van der Waals surface area contributed by atoms with Gasteiger partial charge in [0.25, 0.3) is 0 Å². The van der Waals surface area contributed by atoms with Crippen molar-refractivity contribution < 1.29 is 13.3 Å². The van der Waals surface area contributed by atoms with Gasteiger partial charge in [-0.25, -0.2) is 4.39 Å². The molecule has 1 aromatic carbocycles. The number of halogens is 1. The number of nitrogens with two attached hydrogens (primary N) is 1. The summed E-state index contributed by atoms with van der Waals surface area (Å²) < 4.78 is 30.0. The standard InChI is InChI=1S/C12H18FNO2S/c1-2-3-6-16-7-8-17(15)12-5-4-10(13)9-11(12)14/h4-5,9H,2-3,6-8,14H2,1H3. The summed E-state index contributed by atoms with van der Waals surface area (Å²) in [7, 11) is -1.23. The van der Waals surface area contributed by atoms with Gasteiger partial charge in [-0.1, -0.05) is 13.3 Å². The number of hydrogen-bond acceptors (Lipinski definition) is 3. The number of nitrogen functional groups attached to an aromatic ring is 1. The van der Waals surface area contributed by atoms with E-state index in [1.807, 2.05) is 0 Å². The second kappa shape index (κ2) is 7.40. The van der Waals surface area contributed by atoms with E-state index >= 15 is 0 Å². The number of ether oxygens (including phenoxy) is 1. The van der Waals surface area contributed by atoms with E-state index in [1.165, 1.54) is 18.2 Å². The average Bonchev–Trinajstić information content (AvgIpc) is 2.28. The van der Waals surface area contributed by atoms with Crippen LogP contribution in [-0.4, -0.2) is 23.2 Å². The van der Waals surface area contributed by atoms with E-state index in [9.17, 15) is 8.60 Å². The fraction of sp³-hybridized carbons (Fsp3) is 0.500. The summed E-state index contributed by atoms with van der Waals surface area (Å²) >= 11 is 0. The molecule has 1 unspecified atom stereocenters. The molecule has 3 nitrogen and oxygen atoms in total. The Kier molecular flexibility index (Phi) is 6.15. The van der Waals surface area contributed by atoms with Crippen molar-refractivity contribution in [3.63, 3.8) is 0 Å². The molecule has 1 aromatic rings. The fourth-order valence-corrected chi connectivity index (χ4v) is 2.35. The zero-order valence-corrected chi connectivity index (χ0v) is 10.8. The van der Waals surface area contributed by atoms with Crippen LogP contribution in [0.1, 0.15) is 19.8 Å². The van der Waals surface area contributed by atoms with E-state index in [2.05, 4.69) is 6.92 Å². The molecule has 2 N–H and O–H groups in total. The molecule has 5 heteroatoms. The van der Waals surface area contributed by atoms with Crippen LogP contribution in [0.4, 0.5) is 10.1 Å². The first-order valence-corrected chi connectivity index (χ1v) is 6.98. The number of unbranched alkanes of at least 4 members (excludes halogenated alkanes) is 1. The largest absolute Gasteiger partial charge is 0.398 e. The third-order valence-corrected chi connectivity index (χ3v) is 3.67. The highest BCUT2D eigenvalue weighted by Gasteiger charge is 2.08.